The number of anilines is 1. The summed E-state index contributed by atoms with van der Waals surface area (Å²) in [6.07, 6.45) is 3.53. The summed E-state index contributed by atoms with van der Waals surface area (Å²) in [6, 6.07) is 8.00. The lowest BCUT2D eigenvalue weighted by atomic mass is 10.2. The molecule has 31 heavy (non-hydrogen) atoms. The van der Waals surface area contributed by atoms with Crippen molar-refractivity contribution < 1.29 is 9.32 Å². The van der Waals surface area contributed by atoms with Crippen molar-refractivity contribution in [2.45, 2.75) is 32.7 Å². The third-order valence-corrected chi connectivity index (χ3v) is 6.31. The number of amides is 1. The number of likely N-dealkylation sites (N-methyl/N-ethyl adjacent to an activating group) is 1. The molecule has 0 radical (unpaired) electrons. The highest BCUT2D eigenvalue weighted by Crippen LogP contribution is 2.21. The number of carbonyl (C=O) groups is 1. The van der Waals surface area contributed by atoms with Crippen LogP contribution >= 0.6 is 11.3 Å². The number of hydrogen-bond acceptors (Lipinski definition) is 8. The monoisotopic (exact) mass is 440 g/mol. The SMILES string of the molecule is CCN1CCN(c2ccc(CNC(=O)CCCc3nc(-c4cccs4)no3)cn2)CC1. The first-order valence-electron chi connectivity index (χ1n) is 10.8. The first kappa shape index (κ1) is 21.5. The fourth-order valence-corrected chi connectivity index (χ4v) is 4.20. The van der Waals surface area contributed by atoms with Crippen molar-refractivity contribution in [3.63, 3.8) is 0 Å². The van der Waals surface area contributed by atoms with E-state index in [0.29, 0.717) is 37.5 Å². The second kappa shape index (κ2) is 10.5. The molecule has 1 saturated heterocycles. The van der Waals surface area contributed by atoms with E-state index in [2.05, 4.69) is 37.2 Å². The fraction of sp³-hybridized carbons (Fsp3) is 0.455. The van der Waals surface area contributed by atoms with E-state index in [0.717, 1.165) is 49.0 Å². The van der Waals surface area contributed by atoms with Gasteiger partial charge in [0.2, 0.25) is 17.6 Å². The third-order valence-electron chi connectivity index (χ3n) is 5.45. The number of rotatable bonds is 9. The van der Waals surface area contributed by atoms with Crippen molar-refractivity contribution in [1.29, 1.82) is 0 Å². The average molecular weight is 441 g/mol. The number of hydrogen-bond donors (Lipinski definition) is 1. The Morgan fingerprint density at radius 3 is 2.81 bits per heavy atom. The second-order valence-electron chi connectivity index (χ2n) is 7.57. The molecule has 1 aliphatic rings. The standard InChI is InChI=1S/C22H28N6O2S/c1-2-27-10-12-28(13-11-27)19-9-8-17(15-23-19)16-24-20(29)6-3-7-21-25-22(26-30-21)18-5-4-14-31-18/h4-5,8-9,14-15H,2-3,6-7,10-13,16H2,1H3,(H,24,29). The number of nitrogens with one attached hydrogen (secondary N) is 1. The fourth-order valence-electron chi connectivity index (χ4n) is 3.55. The minimum absolute atomic E-state index is 0.0118. The van der Waals surface area contributed by atoms with Gasteiger partial charge in [-0.1, -0.05) is 24.2 Å². The van der Waals surface area contributed by atoms with Crippen LogP contribution in [0.1, 0.15) is 31.2 Å². The first-order valence-corrected chi connectivity index (χ1v) is 11.6. The maximum Gasteiger partial charge on any atom is 0.226 e. The molecule has 1 fully saturated rings. The van der Waals surface area contributed by atoms with Crippen LogP contribution in [0.5, 0.6) is 0 Å². The summed E-state index contributed by atoms with van der Waals surface area (Å²) in [7, 11) is 0. The van der Waals surface area contributed by atoms with E-state index in [1.807, 2.05) is 35.8 Å². The van der Waals surface area contributed by atoms with Crippen LogP contribution in [0.15, 0.2) is 40.4 Å². The van der Waals surface area contributed by atoms with Gasteiger partial charge >= 0.3 is 0 Å². The maximum absolute atomic E-state index is 12.2. The first-order chi connectivity index (χ1) is 15.2. The Hall–Kier alpha value is -2.78. The van der Waals surface area contributed by atoms with Gasteiger partial charge in [-0.05, 0) is 36.0 Å². The largest absolute Gasteiger partial charge is 0.354 e. The molecule has 0 atom stereocenters. The summed E-state index contributed by atoms with van der Waals surface area (Å²) < 4.78 is 5.27. The summed E-state index contributed by atoms with van der Waals surface area (Å²) >= 11 is 1.57. The van der Waals surface area contributed by atoms with Crippen LogP contribution in [-0.4, -0.2) is 58.7 Å². The summed E-state index contributed by atoms with van der Waals surface area (Å²) in [5, 5.41) is 8.93. The Morgan fingerprint density at radius 2 is 2.10 bits per heavy atom. The molecular formula is C22H28N6O2S. The average Bonchev–Trinajstić information content (AvgIpc) is 3.50. The minimum atomic E-state index is 0.0118. The number of pyridine rings is 1. The molecule has 1 amide bonds. The Morgan fingerprint density at radius 1 is 1.23 bits per heavy atom. The number of nitrogens with zero attached hydrogens (tertiary/aromatic N) is 5. The maximum atomic E-state index is 12.2. The lowest BCUT2D eigenvalue weighted by Crippen LogP contribution is -2.46. The Bertz CT molecular complexity index is 949. The summed E-state index contributed by atoms with van der Waals surface area (Å²) in [5.74, 6) is 2.19. The normalized spacial score (nSPS) is 14.7. The second-order valence-corrected chi connectivity index (χ2v) is 8.51. The molecule has 8 nitrogen and oxygen atoms in total. The molecule has 0 spiro atoms. The highest BCUT2D eigenvalue weighted by molar-refractivity contribution is 7.13. The molecule has 164 valence electrons. The van der Waals surface area contributed by atoms with Gasteiger partial charge < -0.3 is 19.6 Å². The molecule has 9 heteroatoms. The molecule has 0 saturated carbocycles. The van der Waals surface area contributed by atoms with Crippen molar-refractivity contribution in [1.82, 2.24) is 25.3 Å². The molecule has 0 aliphatic carbocycles. The topological polar surface area (TPSA) is 87.4 Å². The van der Waals surface area contributed by atoms with Gasteiger partial charge in [0.25, 0.3) is 0 Å². The van der Waals surface area contributed by atoms with E-state index >= 15 is 0 Å². The highest BCUT2D eigenvalue weighted by atomic mass is 32.1. The van der Waals surface area contributed by atoms with Gasteiger partial charge in [0, 0.05) is 51.8 Å². The number of thiophene rings is 1. The molecule has 1 aliphatic heterocycles. The molecule has 0 bridgehead atoms. The van der Waals surface area contributed by atoms with Crippen LogP contribution in [-0.2, 0) is 17.8 Å². The molecule has 4 rings (SSSR count). The van der Waals surface area contributed by atoms with Crippen molar-refractivity contribution in [2.75, 3.05) is 37.6 Å². The van der Waals surface area contributed by atoms with Crippen molar-refractivity contribution in [3.8, 4) is 10.7 Å². The predicted octanol–water partition coefficient (Wildman–Crippen LogP) is 2.97. The lowest BCUT2D eigenvalue weighted by Gasteiger charge is -2.34. The molecule has 1 N–H and O–H groups in total. The van der Waals surface area contributed by atoms with Crippen molar-refractivity contribution in [3.05, 3.63) is 47.3 Å². The Balaban J connectivity index is 1.16. The Kier molecular flexibility index (Phi) is 7.26. The minimum Gasteiger partial charge on any atom is -0.354 e. The number of piperazine rings is 1. The zero-order chi connectivity index (χ0) is 21.5. The quantitative estimate of drug-likeness (QED) is 0.547. The zero-order valence-electron chi connectivity index (χ0n) is 17.8. The summed E-state index contributed by atoms with van der Waals surface area (Å²) in [5.41, 5.74) is 1.00. The molecule has 3 aromatic heterocycles. The van der Waals surface area contributed by atoms with Crippen LogP contribution in [0.2, 0.25) is 0 Å². The van der Waals surface area contributed by atoms with E-state index in [1.54, 1.807) is 11.3 Å². The van der Waals surface area contributed by atoms with Gasteiger partial charge in [0.1, 0.15) is 5.82 Å². The van der Waals surface area contributed by atoms with Crippen molar-refractivity contribution in [2.24, 2.45) is 0 Å². The van der Waals surface area contributed by atoms with Crippen molar-refractivity contribution >= 4 is 23.1 Å². The number of carbonyl (C=O) groups excluding carboxylic acids is 1. The van der Waals surface area contributed by atoms with Crippen LogP contribution in [0.3, 0.4) is 0 Å². The van der Waals surface area contributed by atoms with Gasteiger partial charge in [0.05, 0.1) is 4.88 Å². The Labute approximate surface area is 186 Å². The summed E-state index contributed by atoms with van der Waals surface area (Å²) in [4.78, 5) is 26.9. The predicted molar refractivity (Wildman–Crippen MR) is 121 cm³/mol. The highest BCUT2D eigenvalue weighted by Gasteiger charge is 2.16. The van der Waals surface area contributed by atoms with Crippen LogP contribution in [0.25, 0.3) is 10.7 Å². The lowest BCUT2D eigenvalue weighted by molar-refractivity contribution is -0.121. The van der Waals surface area contributed by atoms with E-state index in [9.17, 15) is 4.79 Å². The van der Waals surface area contributed by atoms with E-state index in [4.69, 9.17) is 4.52 Å². The van der Waals surface area contributed by atoms with Crippen LogP contribution < -0.4 is 10.2 Å². The molecule has 4 heterocycles. The van der Waals surface area contributed by atoms with Gasteiger partial charge in [-0.15, -0.1) is 11.3 Å². The smallest absolute Gasteiger partial charge is 0.226 e. The molecule has 0 unspecified atom stereocenters. The van der Waals surface area contributed by atoms with Gasteiger partial charge in [-0.3, -0.25) is 4.79 Å². The van der Waals surface area contributed by atoms with E-state index < -0.39 is 0 Å². The molecule has 0 aromatic carbocycles. The number of aromatic nitrogens is 3. The van der Waals surface area contributed by atoms with Crippen LogP contribution in [0.4, 0.5) is 5.82 Å². The summed E-state index contributed by atoms with van der Waals surface area (Å²) in [6.45, 7) is 7.95. The number of aryl methyl sites for hydroxylation is 1. The van der Waals surface area contributed by atoms with E-state index in [1.165, 1.54) is 0 Å². The molecular weight excluding hydrogens is 412 g/mol. The van der Waals surface area contributed by atoms with E-state index in [-0.39, 0.29) is 5.91 Å². The van der Waals surface area contributed by atoms with Gasteiger partial charge in [-0.25, -0.2) is 4.98 Å². The van der Waals surface area contributed by atoms with Crippen LogP contribution in [0, 0.1) is 0 Å². The third kappa shape index (κ3) is 5.89. The zero-order valence-corrected chi connectivity index (χ0v) is 18.6. The molecule has 3 aromatic rings. The van der Waals surface area contributed by atoms with Gasteiger partial charge in [-0.2, -0.15) is 4.98 Å². The van der Waals surface area contributed by atoms with Gasteiger partial charge in [0.15, 0.2) is 0 Å².